The van der Waals surface area contributed by atoms with Crippen LogP contribution in [0, 0.1) is 12.7 Å². The minimum atomic E-state index is -0.458. The predicted octanol–water partition coefficient (Wildman–Crippen LogP) is 6.80. The van der Waals surface area contributed by atoms with Gasteiger partial charge in [0.05, 0.1) is 10.6 Å². The van der Waals surface area contributed by atoms with Gasteiger partial charge in [0, 0.05) is 10.2 Å². The summed E-state index contributed by atoms with van der Waals surface area (Å²) >= 11 is 9.76. The van der Waals surface area contributed by atoms with Gasteiger partial charge in [-0.2, -0.15) is 0 Å². The molecule has 1 N–H and O–H groups in total. The molecule has 1 aromatic heterocycles. The van der Waals surface area contributed by atoms with Crippen molar-refractivity contribution in [2.24, 2.45) is 0 Å². The number of hydrogen-bond acceptors (Lipinski definition) is 4. The average molecular weight is 473 g/mol. The van der Waals surface area contributed by atoms with Gasteiger partial charge in [-0.1, -0.05) is 51.8 Å². The first kappa shape index (κ1) is 19.6. The summed E-state index contributed by atoms with van der Waals surface area (Å²) in [5, 5.41) is 12.3. The van der Waals surface area contributed by atoms with Gasteiger partial charge in [-0.3, -0.25) is 0 Å². The number of aryl methyl sites for hydroxylation is 1. The zero-order valence-electron chi connectivity index (χ0n) is 15.4. The molecule has 4 aromatic rings. The van der Waals surface area contributed by atoms with E-state index in [2.05, 4.69) is 31.4 Å². The summed E-state index contributed by atoms with van der Waals surface area (Å²) in [6.07, 6.45) is 0. The molecule has 0 aliphatic heterocycles. The van der Waals surface area contributed by atoms with E-state index < -0.39 is 6.04 Å². The van der Waals surface area contributed by atoms with Crippen LogP contribution in [0.15, 0.2) is 75.6 Å². The largest absolute Gasteiger partial charge is 0.418 e. The van der Waals surface area contributed by atoms with Gasteiger partial charge in [-0.05, 0) is 60.5 Å². The first-order valence-electron chi connectivity index (χ1n) is 8.88. The van der Waals surface area contributed by atoms with Gasteiger partial charge < -0.3 is 9.73 Å². The molecule has 4 rings (SSSR count). The molecule has 4 nitrogen and oxygen atoms in total. The summed E-state index contributed by atoms with van der Waals surface area (Å²) in [6.45, 7) is 2.00. The molecule has 1 heterocycles. The van der Waals surface area contributed by atoms with Crippen molar-refractivity contribution < 1.29 is 8.81 Å². The summed E-state index contributed by atoms with van der Waals surface area (Å²) in [5.41, 5.74) is 3.40. The molecule has 0 spiro atoms. The first-order chi connectivity index (χ1) is 14.0. The monoisotopic (exact) mass is 471 g/mol. The lowest BCUT2D eigenvalue weighted by atomic mass is 10.1. The Kier molecular flexibility index (Phi) is 5.65. The van der Waals surface area contributed by atoms with Crippen molar-refractivity contribution in [2.45, 2.75) is 13.0 Å². The second-order valence-corrected chi connectivity index (χ2v) is 7.78. The van der Waals surface area contributed by atoms with E-state index in [4.69, 9.17) is 16.0 Å². The Morgan fingerprint density at radius 1 is 1.03 bits per heavy atom. The van der Waals surface area contributed by atoms with Crippen LogP contribution in [-0.4, -0.2) is 10.2 Å². The van der Waals surface area contributed by atoms with Crippen LogP contribution in [0.3, 0.4) is 0 Å². The number of nitrogens with one attached hydrogen (secondary N) is 1. The maximum absolute atomic E-state index is 13.5. The van der Waals surface area contributed by atoms with Crippen LogP contribution in [0.5, 0.6) is 0 Å². The molecule has 0 amide bonds. The lowest BCUT2D eigenvalue weighted by Gasteiger charge is -2.18. The Labute approximate surface area is 180 Å². The van der Waals surface area contributed by atoms with Crippen LogP contribution < -0.4 is 5.32 Å². The smallest absolute Gasteiger partial charge is 0.249 e. The fraction of sp³-hybridized carbons (Fsp3) is 0.0909. The summed E-state index contributed by atoms with van der Waals surface area (Å²) in [4.78, 5) is 0. The van der Waals surface area contributed by atoms with Crippen LogP contribution in [0.4, 0.5) is 10.1 Å². The molecule has 0 aliphatic carbocycles. The zero-order chi connectivity index (χ0) is 20.4. The number of halogens is 3. The minimum Gasteiger partial charge on any atom is -0.418 e. The number of hydrogen-bond donors (Lipinski definition) is 1. The van der Waals surface area contributed by atoms with Gasteiger partial charge in [0.15, 0.2) is 0 Å². The highest BCUT2D eigenvalue weighted by atomic mass is 79.9. The Hall–Kier alpha value is -2.70. The molecule has 0 radical (unpaired) electrons. The van der Waals surface area contributed by atoms with E-state index in [0.717, 1.165) is 21.3 Å². The van der Waals surface area contributed by atoms with Gasteiger partial charge >= 0.3 is 0 Å². The van der Waals surface area contributed by atoms with Gasteiger partial charge in [-0.25, -0.2) is 4.39 Å². The Morgan fingerprint density at radius 3 is 2.52 bits per heavy atom. The fourth-order valence-electron chi connectivity index (χ4n) is 2.94. The average Bonchev–Trinajstić information content (AvgIpc) is 3.19. The van der Waals surface area contributed by atoms with Gasteiger partial charge in [-0.15, -0.1) is 10.2 Å². The number of benzene rings is 3. The van der Waals surface area contributed by atoms with Gasteiger partial charge in [0.1, 0.15) is 11.9 Å². The highest BCUT2D eigenvalue weighted by molar-refractivity contribution is 9.10. The zero-order valence-corrected chi connectivity index (χ0v) is 17.7. The molecule has 146 valence electrons. The van der Waals surface area contributed by atoms with E-state index in [1.807, 2.05) is 43.3 Å². The lowest BCUT2D eigenvalue weighted by molar-refractivity contribution is 0.494. The Bertz CT molecular complexity index is 1150. The van der Waals surface area contributed by atoms with E-state index >= 15 is 0 Å². The van der Waals surface area contributed by atoms with E-state index in [-0.39, 0.29) is 5.82 Å². The molecule has 0 bridgehead atoms. The molecule has 3 aromatic carbocycles. The first-order valence-corrected chi connectivity index (χ1v) is 10.0. The Morgan fingerprint density at radius 2 is 1.79 bits per heavy atom. The van der Waals surface area contributed by atoms with E-state index in [1.165, 1.54) is 12.1 Å². The topological polar surface area (TPSA) is 51.0 Å². The maximum Gasteiger partial charge on any atom is 0.249 e. The molecule has 0 saturated heterocycles. The lowest BCUT2D eigenvalue weighted by Crippen LogP contribution is -2.13. The highest BCUT2D eigenvalue weighted by Crippen LogP contribution is 2.32. The van der Waals surface area contributed by atoms with Gasteiger partial charge in [0.25, 0.3) is 0 Å². The van der Waals surface area contributed by atoms with Crippen molar-refractivity contribution in [3.8, 4) is 11.5 Å². The summed E-state index contributed by atoms with van der Waals surface area (Å²) in [7, 11) is 0. The van der Waals surface area contributed by atoms with Crippen LogP contribution in [0.1, 0.15) is 23.1 Å². The minimum absolute atomic E-state index is 0.311. The molecule has 7 heteroatoms. The second kappa shape index (κ2) is 8.35. The predicted molar refractivity (Wildman–Crippen MR) is 115 cm³/mol. The quantitative estimate of drug-likeness (QED) is 0.347. The summed E-state index contributed by atoms with van der Waals surface area (Å²) < 4.78 is 20.4. The maximum atomic E-state index is 13.5. The molecule has 0 fully saturated rings. The number of anilines is 1. The third-order valence-electron chi connectivity index (χ3n) is 4.46. The normalized spacial score (nSPS) is 12.0. The standard InChI is InChI=1S/C22H16BrClFN3O/c1-13-12-16(10-11-18(13)23)26-20(14-6-8-15(25)9-7-14)22-28-27-21(29-22)17-4-2-3-5-19(17)24/h2-12,20,26H,1H3/t20-/m0/s1. The molecule has 29 heavy (non-hydrogen) atoms. The Balaban J connectivity index is 1.73. The molecule has 1 atom stereocenters. The van der Waals surface area contributed by atoms with E-state index in [0.29, 0.717) is 22.4 Å². The molecular weight excluding hydrogens is 457 g/mol. The van der Waals surface area contributed by atoms with Gasteiger partial charge in [0.2, 0.25) is 11.8 Å². The second-order valence-electron chi connectivity index (χ2n) is 6.52. The van der Waals surface area contributed by atoms with Crippen LogP contribution in [0.25, 0.3) is 11.5 Å². The third-order valence-corrected chi connectivity index (χ3v) is 5.68. The fourth-order valence-corrected chi connectivity index (χ4v) is 3.40. The summed E-state index contributed by atoms with van der Waals surface area (Å²) in [6, 6.07) is 18.9. The van der Waals surface area contributed by atoms with Crippen LogP contribution >= 0.6 is 27.5 Å². The third kappa shape index (κ3) is 4.33. The van der Waals surface area contributed by atoms with Crippen LogP contribution in [-0.2, 0) is 0 Å². The van der Waals surface area contributed by atoms with Crippen molar-refractivity contribution >= 4 is 33.2 Å². The van der Waals surface area contributed by atoms with Crippen molar-refractivity contribution in [2.75, 3.05) is 5.32 Å². The summed E-state index contributed by atoms with van der Waals surface area (Å²) in [5.74, 6) is 0.368. The molecule has 0 unspecified atom stereocenters. The van der Waals surface area contributed by atoms with Crippen molar-refractivity contribution in [3.63, 3.8) is 0 Å². The highest BCUT2D eigenvalue weighted by Gasteiger charge is 2.22. The van der Waals surface area contributed by atoms with Crippen molar-refractivity contribution in [3.05, 3.63) is 99.1 Å². The SMILES string of the molecule is Cc1cc(N[C@@H](c2ccc(F)cc2)c2nnc(-c3ccccc3Cl)o2)ccc1Br. The van der Waals surface area contributed by atoms with Crippen LogP contribution in [0.2, 0.25) is 5.02 Å². The van der Waals surface area contributed by atoms with E-state index in [9.17, 15) is 4.39 Å². The number of aromatic nitrogens is 2. The molecule has 0 saturated carbocycles. The molecule has 0 aliphatic rings. The number of nitrogens with zero attached hydrogens (tertiary/aromatic N) is 2. The molecular formula is C22H16BrClFN3O. The van der Waals surface area contributed by atoms with E-state index in [1.54, 1.807) is 18.2 Å². The number of rotatable bonds is 5. The van der Waals surface area contributed by atoms with Crippen molar-refractivity contribution in [1.82, 2.24) is 10.2 Å². The van der Waals surface area contributed by atoms with Crippen molar-refractivity contribution in [1.29, 1.82) is 0 Å².